The lowest BCUT2D eigenvalue weighted by Crippen LogP contribution is -2.14. The molecule has 0 saturated heterocycles. The zero-order valence-corrected chi connectivity index (χ0v) is 17.0. The third-order valence-corrected chi connectivity index (χ3v) is 6.03. The quantitative estimate of drug-likeness (QED) is 0.427. The first-order chi connectivity index (χ1) is 14.5. The smallest absolute Gasteiger partial charge is 0.262 e. The number of hydrogen-bond acceptors (Lipinski definition) is 5. The van der Waals surface area contributed by atoms with Gasteiger partial charge in [-0.2, -0.15) is 0 Å². The van der Waals surface area contributed by atoms with Gasteiger partial charge in [-0.15, -0.1) is 0 Å². The van der Waals surface area contributed by atoms with Crippen LogP contribution in [-0.2, 0) is 10.0 Å². The van der Waals surface area contributed by atoms with Gasteiger partial charge in [0.25, 0.3) is 10.0 Å². The van der Waals surface area contributed by atoms with Crippen LogP contribution in [0.2, 0.25) is 0 Å². The average Bonchev–Trinajstić information content (AvgIpc) is 2.76. The largest absolute Gasteiger partial charge is 0.497 e. The average molecular weight is 420 g/mol. The summed E-state index contributed by atoms with van der Waals surface area (Å²) in [5.41, 5.74) is 6.56. The van der Waals surface area contributed by atoms with Crippen molar-refractivity contribution >= 4 is 32.2 Å². The molecule has 0 atom stereocenters. The summed E-state index contributed by atoms with van der Waals surface area (Å²) in [4.78, 5) is 0.182. The number of nitrogen functional groups attached to an aromatic ring is 1. The van der Waals surface area contributed by atoms with Crippen molar-refractivity contribution in [2.45, 2.75) is 4.90 Å². The van der Waals surface area contributed by atoms with E-state index in [9.17, 15) is 8.42 Å². The molecule has 0 spiro atoms. The minimum atomic E-state index is -3.86. The Morgan fingerprint density at radius 1 is 0.800 bits per heavy atom. The molecule has 0 radical (unpaired) electrons. The van der Waals surface area contributed by atoms with Crippen molar-refractivity contribution in [3.63, 3.8) is 0 Å². The summed E-state index contributed by atoms with van der Waals surface area (Å²) in [6, 6.07) is 24.4. The molecule has 0 aromatic heterocycles. The monoisotopic (exact) mass is 420 g/mol. The van der Waals surface area contributed by atoms with Gasteiger partial charge in [-0.05, 0) is 47.9 Å². The van der Waals surface area contributed by atoms with Gasteiger partial charge in [0.05, 0.1) is 23.4 Å². The molecule has 0 aliphatic rings. The van der Waals surface area contributed by atoms with E-state index in [0.717, 1.165) is 5.39 Å². The first-order valence-corrected chi connectivity index (χ1v) is 10.7. The van der Waals surface area contributed by atoms with Crippen LogP contribution >= 0.6 is 0 Å². The van der Waals surface area contributed by atoms with E-state index >= 15 is 0 Å². The number of rotatable bonds is 6. The van der Waals surface area contributed by atoms with Gasteiger partial charge in [-0.25, -0.2) is 8.42 Å². The van der Waals surface area contributed by atoms with Gasteiger partial charge in [0, 0.05) is 11.5 Å². The Labute approximate surface area is 174 Å². The highest BCUT2D eigenvalue weighted by molar-refractivity contribution is 7.93. The second kappa shape index (κ2) is 7.96. The normalized spacial score (nSPS) is 11.2. The minimum Gasteiger partial charge on any atom is -0.497 e. The molecule has 4 aromatic rings. The van der Waals surface area contributed by atoms with Crippen LogP contribution in [0.15, 0.2) is 89.8 Å². The summed E-state index contributed by atoms with van der Waals surface area (Å²) in [6.07, 6.45) is 0. The highest BCUT2D eigenvalue weighted by atomic mass is 32.2. The third kappa shape index (κ3) is 4.01. The topological polar surface area (TPSA) is 90.7 Å². The van der Waals surface area contributed by atoms with E-state index in [1.165, 1.54) is 0 Å². The van der Waals surface area contributed by atoms with E-state index < -0.39 is 10.0 Å². The summed E-state index contributed by atoms with van der Waals surface area (Å²) >= 11 is 0. The van der Waals surface area contributed by atoms with Gasteiger partial charge in [-0.3, -0.25) is 4.72 Å². The fourth-order valence-electron chi connectivity index (χ4n) is 3.10. The van der Waals surface area contributed by atoms with E-state index in [4.69, 9.17) is 15.2 Å². The molecule has 7 heteroatoms. The molecule has 0 unspecified atom stereocenters. The number of anilines is 2. The summed E-state index contributed by atoms with van der Waals surface area (Å²) in [5, 5.41) is 1.47. The minimum absolute atomic E-state index is 0.182. The van der Waals surface area contributed by atoms with E-state index in [-0.39, 0.29) is 10.6 Å². The number of sulfonamides is 1. The maximum atomic E-state index is 13.1. The van der Waals surface area contributed by atoms with Crippen molar-refractivity contribution < 1.29 is 17.9 Å². The SMILES string of the molecule is COc1ccc(Oc2ccc(N)c(NS(=O)(=O)c3cccc4ccccc34)c2)cc1. The molecule has 0 bridgehead atoms. The van der Waals surface area contributed by atoms with Crippen LogP contribution < -0.4 is 19.9 Å². The molecule has 30 heavy (non-hydrogen) atoms. The van der Waals surface area contributed by atoms with Crippen LogP contribution in [-0.4, -0.2) is 15.5 Å². The van der Waals surface area contributed by atoms with Gasteiger partial charge in [0.1, 0.15) is 17.2 Å². The van der Waals surface area contributed by atoms with Crippen molar-refractivity contribution in [2.24, 2.45) is 0 Å². The summed E-state index contributed by atoms with van der Waals surface area (Å²) in [5.74, 6) is 1.75. The zero-order chi connectivity index (χ0) is 21.1. The molecule has 0 saturated carbocycles. The summed E-state index contributed by atoms with van der Waals surface area (Å²) in [7, 11) is -2.28. The van der Waals surface area contributed by atoms with Crippen molar-refractivity contribution in [3.8, 4) is 17.2 Å². The van der Waals surface area contributed by atoms with E-state index in [1.54, 1.807) is 73.8 Å². The van der Waals surface area contributed by atoms with Gasteiger partial charge in [-0.1, -0.05) is 36.4 Å². The number of nitrogens with two attached hydrogens (primary N) is 1. The van der Waals surface area contributed by atoms with Crippen LogP contribution in [0.3, 0.4) is 0 Å². The predicted molar refractivity (Wildman–Crippen MR) is 119 cm³/mol. The Bertz CT molecular complexity index is 1300. The summed E-state index contributed by atoms with van der Waals surface area (Å²) < 4.78 is 39.7. The number of nitrogens with one attached hydrogen (secondary N) is 1. The molecule has 3 N–H and O–H groups in total. The molecule has 0 amide bonds. The molecule has 4 aromatic carbocycles. The highest BCUT2D eigenvalue weighted by Gasteiger charge is 2.19. The van der Waals surface area contributed by atoms with Crippen LogP contribution in [0.4, 0.5) is 11.4 Å². The maximum absolute atomic E-state index is 13.1. The molecule has 0 heterocycles. The molecule has 0 aliphatic carbocycles. The van der Waals surface area contributed by atoms with Crippen molar-refractivity contribution in [3.05, 3.63) is 84.9 Å². The standard InChI is InChI=1S/C23H20N2O4S/c1-28-17-9-11-18(12-10-17)29-19-13-14-21(24)22(15-19)25-30(26,27)23-8-4-6-16-5-2-3-7-20(16)23/h2-15,25H,24H2,1H3. The zero-order valence-electron chi connectivity index (χ0n) is 16.2. The number of ether oxygens (including phenoxy) is 2. The molecule has 4 rings (SSSR count). The van der Waals surface area contributed by atoms with Gasteiger partial charge >= 0.3 is 0 Å². The Morgan fingerprint density at radius 2 is 1.47 bits per heavy atom. The van der Waals surface area contributed by atoms with Crippen LogP contribution in [0.5, 0.6) is 17.2 Å². The lowest BCUT2D eigenvalue weighted by molar-refractivity contribution is 0.413. The lowest BCUT2D eigenvalue weighted by Gasteiger charge is -2.14. The van der Waals surface area contributed by atoms with Crippen molar-refractivity contribution in [1.82, 2.24) is 0 Å². The molecular formula is C23H20N2O4S. The molecule has 6 nitrogen and oxygen atoms in total. The lowest BCUT2D eigenvalue weighted by atomic mass is 10.1. The van der Waals surface area contributed by atoms with E-state index in [0.29, 0.717) is 28.3 Å². The number of benzene rings is 4. The second-order valence-electron chi connectivity index (χ2n) is 6.61. The van der Waals surface area contributed by atoms with Gasteiger partial charge < -0.3 is 15.2 Å². The van der Waals surface area contributed by atoms with Crippen LogP contribution in [0.25, 0.3) is 10.8 Å². The van der Waals surface area contributed by atoms with Crippen LogP contribution in [0, 0.1) is 0 Å². The Balaban J connectivity index is 1.64. The molecule has 152 valence electrons. The Hall–Kier alpha value is -3.71. The second-order valence-corrected chi connectivity index (χ2v) is 8.26. The fourth-order valence-corrected chi connectivity index (χ4v) is 4.41. The van der Waals surface area contributed by atoms with Gasteiger partial charge in [0.15, 0.2) is 0 Å². The van der Waals surface area contributed by atoms with Crippen molar-refractivity contribution in [1.29, 1.82) is 0 Å². The predicted octanol–water partition coefficient (Wildman–Crippen LogP) is 5.02. The van der Waals surface area contributed by atoms with Gasteiger partial charge in [0.2, 0.25) is 0 Å². The first-order valence-electron chi connectivity index (χ1n) is 9.18. The summed E-state index contributed by atoms with van der Waals surface area (Å²) in [6.45, 7) is 0. The fraction of sp³-hybridized carbons (Fsp3) is 0.0435. The Kier molecular flexibility index (Phi) is 5.20. The first kappa shape index (κ1) is 19.6. The van der Waals surface area contributed by atoms with Crippen molar-refractivity contribution in [2.75, 3.05) is 17.6 Å². The number of hydrogen-bond donors (Lipinski definition) is 2. The number of fused-ring (bicyclic) bond motifs is 1. The van der Waals surface area contributed by atoms with E-state index in [2.05, 4.69) is 4.72 Å². The molecule has 0 aliphatic heterocycles. The third-order valence-electron chi connectivity index (χ3n) is 4.60. The molecule has 0 fully saturated rings. The maximum Gasteiger partial charge on any atom is 0.262 e. The highest BCUT2D eigenvalue weighted by Crippen LogP contribution is 2.32. The molecular weight excluding hydrogens is 400 g/mol. The van der Waals surface area contributed by atoms with Crippen LogP contribution in [0.1, 0.15) is 0 Å². The Morgan fingerprint density at radius 3 is 2.23 bits per heavy atom. The van der Waals surface area contributed by atoms with E-state index in [1.807, 2.05) is 18.2 Å². The number of methoxy groups -OCH3 is 1.